The summed E-state index contributed by atoms with van der Waals surface area (Å²) in [6.45, 7) is 0. The molecule has 0 saturated heterocycles. The lowest BCUT2D eigenvalue weighted by atomic mass is 9.96. The maximum atomic E-state index is 13.0. The van der Waals surface area contributed by atoms with Crippen molar-refractivity contribution in [2.45, 2.75) is 0 Å². The van der Waals surface area contributed by atoms with Crippen LogP contribution in [0.4, 0.5) is 0 Å². The van der Waals surface area contributed by atoms with Gasteiger partial charge in [0.05, 0.1) is 17.5 Å². The van der Waals surface area contributed by atoms with Crippen LogP contribution < -0.4 is 0 Å². The van der Waals surface area contributed by atoms with E-state index in [1.807, 2.05) is 66.9 Å². The number of rotatable bonds is 4. The summed E-state index contributed by atoms with van der Waals surface area (Å²) in [5.74, 6) is 0.211. The number of hydrogen-bond donors (Lipinski definition) is 1. The largest absolute Gasteiger partial charge is 0.461 e. The second-order valence-electron chi connectivity index (χ2n) is 5.49. The third kappa shape index (κ3) is 2.46. The number of aromatic nitrogens is 1. The third-order valence-corrected chi connectivity index (χ3v) is 4.00. The van der Waals surface area contributed by atoms with E-state index in [-0.39, 0.29) is 5.78 Å². The molecule has 0 aliphatic heterocycles. The minimum atomic E-state index is -0.126. The highest BCUT2D eigenvalue weighted by Crippen LogP contribution is 2.33. The second kappa shape index (κ2) is 6.05. The number of ketones is 1. The van der Waals surface area contributed by atoms with E-state index < -0.39 is 0 Å². The van der Waals surface area contributed by atoms with Crippen LogP contribution in [0.5, 0.6) is 0 Å². The van der Waals surface area contributed by atoms with Gasteiger partial charge >= 0.3 is 0 Å². The van der Waals surface area contributed by atoms with Crippen LogP contribution in [0.25, 0.3) is 22.4 Å². The van der Waals surface area contributed by atoms with Gasteiger partial charge in [0, 0.05) is 11.8 Å². The van der Waals surface area contributed by atoms with Crippen molar-refractivity contribution in [1.29, 1.82) is 0 Å². The zero-order valence-electron chi connectivity index (χ0n) is 12.9. The van der Waals surface area contributed by atoms with Crippen molar-refractivity contribution in [2.75, 3.05) is 0 Å². The Morgan fingerprint density at radius 2 is 1.46 bits per heavy atom. The van der Waals surface area contributed by atoms with Gasteiger partial charge in [-0.15, -0.1) is 0 Å². The zero-order chi connectivity index (χ0) is 16.4. The predicted octanol–water partition coefficient (Wildman–Crippen LogP) is 5.17. The van der Waals surface area contributed by atoms with E-state index in [0.29, 0.717) is 11.3 Å². The highest BCUT2D eigenvalue weighted by Gasteiger charge is 2.23. The van der Waals surface area contributed by atoms with E-state index in [4.69, 9.17) is 4.42 Å². The van der Waals surface area contributed by atoms with Crippen LogP contribution in [0.2, 0.25) is 0 Å². The molecule has 0 fully saturated rings. The van der Waals surface area contributed by atoms with Crippen molar-refractivity contribution in [1.82, 2.24) is 4.98 Å². The summed E-state index contributed by atoms with van der Waals surface area (Å²) in [6, 6.07) is 23.1. The quantitative estimate of drug-likeness (QED) is 0.528. The van der Waals surface area contributed by atoms with Crippen molar-refractivity contribution < 1.29 is 9.21 Å². The van der Waals surface area contributed by atoms with Gasteiger partial charge in [-0.25, -0.2) is 0 Å². The van der Waals surface area contributed by atoms with Crippen molar-refractivity contribution >= 4 is 5.78 Å². The maximum absolute atomic E-state index is 13.0. The number of aromatic amines is 1. The summed E-state index contributed by atoms with van der Waals surface area (Å²) in [5, 5.41) is 0. The minimum Gasteiger partial charge on any atom is -0.461 e. The van der Waals surface area contributed by atoms with Crippen molar-refractivity contribution in [3.63, 3.8) is 0 Å². The molecular formula is C21H15NO2. The van der Waals surface area contributed by atoms with Crippen LogP contribution in [-0.2, 0) is 0 Å². The summed E-state index contributed by atoms with van der Waals surface area (Å²) in [7, 11) is 0. The second-order valence-corrected chi connectivity index (χ2v) is 5.49. The number of carbonyl (C=O) groups is 1. The lowest BCUT2D eigenvalue weighted by molar-refractivity contribution is 0.101. The third-order valence-electron chi connectivity index (χ3n) is 4.00. The van der Waals surface area contributed by atoms with E-state index in [1.54, 1.807) is 12.1 Å². The Balaban J connectivity index is 1.93. The molecule has 0 atom stereocenters. The van der Waals surface area contributed by atoms with Crippen LogP contribution in [0, 0.1) is 0 Å². The van der Waals surface area contributed by atoms with Crippen LogP contribution in [0.3, 0.4) is 0 Å². The molecule has 4 rings (SSSR count). The minimum absolute atomic E-state index is 0.126. The zero-order valence-corrected chi connectivity index (χ0v) is 12.9. The van der Waals surface area contributed by atoms with Crippen LogP contribution in [-0.4, -0.2) is 10.8 Å². The first kappa shape index (κ1) is 14.3. The standard InChI is InChI=1S/C21H15NO2/c23-21(18-12-7-13-24-18)19-17(15-8-3-1-4-9-15)14-22-20(19)16-10-5-2-6-11-16/h1-14,22H. The lowest BCUT2D eigenvalue weighted by Gasteiger charge is -2.06. The SMILES string of the molecule is O=C(c1ccco1)c1c(-c2ccccc2)c[nH]c1-c1ccccc1. The van der Waals surface area contributed by atoms with Gasteiger partial charge in [-0.3, -0.25) is 4.79 Å². The van der Waals surface area contributed by atoms with Gasteiger partial charge in [0.2, 0.25) is 5.78 Å². The molecule has 3 nitrogen and oxygen atoms in total. The number of nitrogens with one attached hydrogen (secondary N) is 1. The molecule has 116 valence electrons. The fourth-order valence-corrected chi connectivity index (χ4v) is 2.87. The molecule has 0 aliphatic carbocycles. The number of H-pyrrole nitrogens is 1. The van der Waals surface area contributed by atoms with E-state index in [1.165, 1.54) is 6.26 Å². The van der Waals surface area contributed by atoms with Gasteiger partial charge in [-0.1, -0.05) is 60.7 Å². The topological polar surface area (TPSA) is 46.0 Å². The Hall–Kier alpha value is -3.33. The molecule has 1 N–H and O–H groups in total. The fourth-order valence-electron chi connectivity index (χ4n) is 2.87. The molecular weight excluding hydrogens is 298 g/mol. The van der Waals surface area contributed by atoms with Gasteiger partial charge in [0.1, 0.15) is 0 Å². The summed E-state index contributed by atoms with van der Waals surface area (Å²) >= 11 is 0. The molecule has 2 aromatic carbocycles. The first-order valence-corrected chi connectivity index (χ1v) is 7.75. The Morgan fingerprint density at radius 3 is 2.08 bits per heavy atom. The predicted molar refractivity (Wildman–Crippen MR) is 93.8 cm³/mol. The molecule has 4 aromatic rings. The molecule has 0 spiro atoms. The van der Waals surface area contributed by atoms with Crippen molar-refractivity contribution in [3.8, 4) is 22.4 Å². The number of furan rings is 1. The van der Waals surface area contributed by atoms with E-state index >= 15 is 0 Å². The highest BCUT2D eigenvalue weighted by atomic mass is 16.3. The molecule has 0 saturated carbocycles. The van der Waals surface area contributed by atoms with Crippen LogP contribution in [0.15, 0.2) is 89.7 Å². The summed E-state index contributed by atoms with van der Waals surface area (Å²) in [4.78, 5) is 16.3. The summed E-state index contributed by atoms with van der Waals surface area (Å²) in [5.41, 5.74) is 4.26. The van der Waals surface area contributed by atoms with Gasteiger partial charge in [-0.2, -0.15) is 0 Å². The lowest BCUT2D eigenvalue weighted by Crippen LogP contribution is -2.02. The van der Waals surface area contributed by atoms with Gasteiger partial charge in [-0.05, 0) is 23.3 Å². The molecule has 0 radical (unpaired) electrons. The van der Waals surface area contributed by atoms with E-state index in [2.05, 4.69) is 4.98 Å². The Bertz CT molecular complexity index is 895. The monoisotopic (exact) mass is 313 g/mol. The van der Waals surface area contributed by atoms with Crippen LogP contribution in [0.1, 0.15) is 16.1 Å². The van der Waals surface area contributed by atoms with Crippen LogP contribution >= 0.6 is 0 Å². The average molecular weight is 313 g/mol. The normalized spacial score (nSPS) is 10.7. The first-order valence-electron chi connectivity index (χ1n) is 7.75. The molecule has 0 aliphatic rings. The molecule has 2 aromatic heterocycles. The van der Waals surface area contributed by atoms with Gasteiger partial charge in [0.25, 0.3) is 0 Å². The van der Waals surface area contributed by atoms with Crippen molar-refractivity contribution in [3.05, 3.63) is 96.6 Å². The smallest absolute Gasteiger partial charge is 0.230 e. The van der Waals surface area contributed by atoms with Gasteiger partial charge in [0.15, 0.2) is 5.76 Å². The Kier molecular flexibility index (Phi) is 3.60. The molecule has 0 bridgehead atoms. The molecule has 0 amide bonds. The number of hydrogen-bond acceptors (Lipinski definition) is 2. The van der Waals surface area contributed by atoms with E-state index in [0.717, 1.165) is 22.4 Å². The molecule has 24 heavy (non-hydrogen) atoms. The molecule has 0 unspecified atom stereocenters. The number of carbonyl (C=O) groups excluding carboxylic acids is 1. The summed E-state index contributed by atoms with van der Waals surface area (Å²) in [6.07, 6.45) is 3.40. The first-order chi connectivity index (χ1) is 11.8. The highest BCUT2D eigenvalue weighted by molar-refractivity contribution is 6.15. The Morgan fingerprint density at radius 1 is 0.792 bits per heavy atom. The fraction of sp³-hybridized carbons (Fsp3) is 0. The molecule has 3 heteroatoms. The maximum Gasteiger partial charge on any atom is 0.230 e. The average Bonchev–Trinajstić information content (AvgIpc) is 3.32. The van der Waals surface area contributed by atoms with Crippen molar-refractivity contribution in [2.24, 2.45) is 0 Å². The molecule has 2 heterocycles. The van der Waals surface area contributed by atoms with E-state index in [9.17, 15) is 4.79 Å². The van der Waals surface area contributed by atoms with Gasteiger partial charge < -0.3 is 9.40 Å². The Labute approximate surface area is 139 Å². The number of benzene rings is 2. The summed E-state index contributed by atoms with van der Waals surface area (Å²) < 4.78 is 5.34.